The van der Waals surface area contributed by atoms with Crippen molar-refractivity contribution in [3.63, 3.8) is 0 Å². The van der Waals surface area contributed by atoms with Gasteiger partial charge >= 0.3 is 5.69 Å². The van der Waals surface area contributed by atoms with Gasteiger partial charge in [-0.1, -0.05) is 0 Å². The van der Waals surface area contributed by atoms with E-state index in [4.69, 9.17) is 9.47 Å². The molecule has 7 nitrogen and oxygen atoms in total. The molecule has 0 saturated carbocycles. The number of aryl methyl sites for hydroxylation is 1. The Labute approximate surface area is 137 Å². The zero-order valence-electron chi connectivity index (χ0n) is 13.9. The summed E-state index contributed by atoms with van der Waals surface area (Å²) in [4.78, 5) is 28.8. The first-order valence-electron chi connectivity index (χ1n) is 7.27. The van der Waals surface area contributed by atoms with Crippen LogP contribution in [0.3, 0.4) is 0 Å². The predicted molar refractivity (Wildman–Crippen MR) is 90.8 cm³/mol. The molecule has 0 amide bonds. The lowest BCUT2D eigenvalue weighted by Gasteiger charge is -2.11. The maximum Gasteiger partial charge on any atom is 0.331 e. The molecule has 0 radical (unpaired) electrons. The Balaban J connectivity index is 2.26. The molecule has 3 aromatic rings. The topological polar surface area (TPSA) is 75.4 Å². The molecule has 2 heterocycles. The monoisotopic (exact) mass is 327 g/mol. The van der Waals surface area contributed by atoms with E-state index in [2.05, 4.69) is 4.98 Å². The van der Waals surface area contributed by atoms with Gasteiger partial charge in [-0.05, 0) is 30.3 Å². The fourth-order valence-corrected chi connectivity index (χ4v) is 2.61. The third-order valence-corrected chi connectivity index (χ3v) is 4.00. The number of fused-ring (bicyclic) bond motifs is 1. The minimum absolute atomic E-state index is 0.242. The normalized spacial score (nSPS) is 10.8. The van der Waals surface area contributed by atoms with Crippen LogP contribution in [-0.2, 0) is 14.1 Å². The smallest absolute Gasteiger partial charge is 0.331 e. The van der Waals surface area contributed by atoms with E-state index in [-0.39, 0.29) is 11.2 Å². The summed E-state index contributed by atoms with van der Waals surface area (Å²) in [6, 6.07) is 8.89. The number of hydrogen-bond donors (Lipinski definition) is 0. The molecular formula is C17H17N3O4. The maximum absolute atomic E-state index is 12.4. The van der Waals surface area contributed by atoms with Crippen molar-refractivity contribution in [2.24, 2.45) is 14.1 Å². The lowest BCUT2D eigenvalue weighted by molar-refractivity contribution is 0.355. The largest absolute Gasteiger partial charge is 0.493 e. The Morgan fingerprint density at radius 2 is 1.62 bits per heavy atom. The van der Waals surface area contributed by atoms with Crippen molar-refractivity contribution in [3.8, 4) is 22.8 Å². The highest BCUT2D eigenvalue weighted by atomic mass is 16.5. The van der Waals surface area contributed by atoms with Gasteiger partial charge < -0.3 is 9.47 Å². The highest BCUT2D eigenvalue weighted by Crippen LogP contribution is 2.31. The van der Waals surface area contributed by atoms with Gasteiger partial charge in [0.25, 0.3) is 5.56 Å². The molecule has 0 atom stereocenters. The minimum Gasteiger partial charge on any atom is -0.493 e. The fourth-order valence-electron chi connectivity index (χ4n) is 2.61. The number of rotatable bonds is 3. The van der Waals surface area contributed by atoms with Gasteiger partial charge in [0.1, 0.15) is 0 Å². The Bertz CT molecular complexity index is 1050. The summed E-state index contributed by atoms with van der Waals surface area (Å²) in [6.07, 6.45) is 0. The Kier molecular flexibility index (Phi) is 3.84. The fraction of sp³-hybridized carbons (Fsp3) is 0.235. The van der Waals surface area contributed by atoms with Gasteiger partial charge in [0.15, 0.2) is 17.0 Å². The maximum atomic E-state index is 12.4. The Morgan fingerprint density at radius 1 is 0.917 bits per heavy atom. The van der Waals surface area contributed by atoms with Gasteiger partial charge in [-0.2, -0.15) is 0 Å². The van der Waals surface area contributed by atoms with Crippen LogP contribution < -0.4 is 20.7 Å². The quantitative estimate of drug-likeness (QED) is 0.725. The number of pyridine rings is 1. The summed E-state index contributed by atoms with van der Waals surface area (Å²) < 4.78 is 13.0. The van der Waals surface area contributed by atoms with Crippen LogP contribution in [0.15, 0.2) is 39.9 Å². The van der Waals surface area contributed by atoms with Crippen LogP contribution in [0.25, 0.3) is 22.3 Å². The highest BCUT2D eigenvalue weighted by Gasteiger charge is 2.12. The van der Waals surface area contributed by atoms with Crippen LogP contribution in [0.1, 0.15) is 0 Å². The van der Waals surface area contributed by atoms with Crippen LogP contribution in [0.2, 0.25) is 0 Å². The first-order chi connectivity index (χ1) is 11.5. The minimum atomic E-state index is -0.421. The number of hydrogen-bond acceptors (Lipinski definition) is 5. The zero-order valence-corrected chi connectivity index (χ0v) is 13.9. The van der Waals surface area contributed by atoms with Crippen LogP contribution >= 0.6 is 0 Å². The first-order valence-corrected chi connectivity index (χ1v) is 7.27. The van der Waals surface area contributed by atoms with Crippen LogP contribution in [0, 0.1) is 0 Å². The molecule has 0 bridgehead atoms. The van der Waals surface area contributed by atoms with Gasteiger partial charge in [0, 0.05) is 19.7 Å². The molecule has 0 spiro atoms. The molecule has 2 aromatic heterocycles. The van der Waals surface area contributed by atoms with Gasteiger partial charge in [0.2, 0.25) is 0 Å². The molecule has 0 fully saturated rings. The molecule has 0 unspecified atom stereocenters. The molecule has 1 aromatic carbocycles. The second kappa shape index (κ2) is 5.84. The van der Waals surface area contributed by atoms with Crippen LogP contribution in [0.5, 0.6) is 11.5 Å². The van der Waals surface area contributed by atoms with E-state index in [9.17, 15) is 9.59 Å². The molecule has 24 heavy (non-hydrogen) atoms. The van der Waals surface area contributed by atoms with E-state index in [0.717, 1.165) is 10.1 Å². The molecule has 0 aliphatic heterocycles. The summed E-state index contributed by atoms with van der Waals surface area (Å²) in [5.74, 6) is 1.19. The van der Waals surface area contributed by atoms with Crippen LogP contribution in [-0.4, -0.2) is 28.3 Å². The van der Waals surface area contributed by atoms with Gasteiger partial charge in [-0.15, -0.1) is 0 Å². The van der Waals surface area contributed by atoms with Crippen molar-refractivity contribution in [1.29, 1.82) is 0 Å². The van der Waals surface area contributed by atoms with E-state index in [0.29, 0.717) is 22.7 Å². The summed E-state index contributed by atoms with van der Waals surface area (Å²) >= 11 is 0. The number of benzene rings is 1. The molecular weight excluding hydrogens is 310 g/mol. The van der Waals surface area contributed by atoms with E-state index < -0.39 is 5.56 Å². The molecule has 0 saturated heterocycles. The number of methoxy groups -OCH3 is 2. The van der Waals surface area contributed by atoms with Gasteiger partial charge in [0.05, 0.1) is 25.4 Å². The van der Waals surface area contributed by atoms with Crippen molar-refractivity contribution >= 4 is 11.0 Å². The third-order valence-electron chi connectivity index (χ3n) is 4.00. The average Bonchev–Trinajstić information content (AvgIpc) is 2.63. The van der Waals surface area contributed by atoms with Gasteiger partial charge in [-0.25, -0.2) is 9.78 Å². The molecule has 0 aliphatic rings. The Morgan fingerprint density at radius 3 is 2.29 bits per heavy atom. The van der Waals surface area contributed by atoms with E-state index in [1.54, 1.807) is 45.5 Å². The van der Waals surface area contributed by atoms with Crippen molar-refractivity contribution in [2.45, 2.75) is 0 Å². The first kappa shape index (κ1) is 15.8. The zero-order chi connectivity index (χ0) is 17.4. The number of aromatic nitrogens is 3. The summed E-state index contributed by atoms with van der Waals surface area (Å²) in [6.45, 7) is 0. The van der Waals surface area contributed by atoms with Crippen molar-refractivity contribution in [3.05, 3.63) is 51.2 Å². The summed E-state index contributed by atoms with van der Waals surface area (Å²) in [5.41, 5.74) is 1.33. The average molecular weight is 327 g/mol. The number of ether oxygens (including phenoxy) is 2. The molecule has 0 N–H and O–H groups in total. The Hall–Kier alpha value is -3.09. The summed E-state index contributed by atoms with van der Waals surface area (Å²) in [7, 11) is 6.17. The van der Waals surface area contributed by atoms with Crippen molar-refractivity contribution < 1.29 is 9.47 Å². The highest BCUT2D eigenvalue weighted by molar-refractivity contribution is 5.78. The van der Waals surface area contributed by atoms with Crippen molar-refractivity contribution in [1.82, 2.24) is 14.1 Å². The third kappa shape index (κ3) is 2.34. The second-order valence-electron chi connectivity index (χ2n) is 5.34. The molecule has 124 valence electrons. The SMILES string of the molecule is COc1ccc(-c2ccc3c(n2)c(=O)n(C)c(=O)n3C)cc1OC. The van der Waals surface area contributed by atoms with E-state index >= 15 is 0 Å². The van der Waals surface area contributed by atoms with Crippen molar-refractivity contribution in [2.75, 3.05) is 14.2 Å². The lowest BCUT2D eigenvalue weighted by atomic mass is 10.1. The molecule has 7 heteroatoms. The lowest BCUT2D eigenvalue weighted by Crippen LogP contribution is -2.37. The number of nitrogens with zero attached hydrogens (tertiary/aromatic N) is 3. The van der Waals surface area contributed by atoms with E-state index in [1.165, 1.54) is 11.6 Å². The van der Waals surface area contributed by atoms with Crippen LogP contribution in [0.4, 0.5) is 0 Å². The second-order valence-corrected chi connectivity index (χ2v) is 5.34. The molecule has 0 aliphatic carbocycles. The summed E-state index contributed by atoms with van der Waals surface area (Å²) in [5, 5.41) is 0. The predicted octanol–water partition coefficient (Wildman–Crippen LogP) is 1.32. The van der Waals surface area contributed by atoms with Gasteiger partial charge in [-0.3, -0.25) is 13.9 Å². The molecule has 3 rings (SSSR count). The standard InChI is InChI=1S/C17H17N3O4/c1-19-12-7-6-11(18-15(12)16(21)20(2)17(19)22)10-5-8-13(23-3)14(9-10)24-4/h5-9H,1-4H3. The van der Waals surface area contributed by atoms with E-state index in [1.807, 2.05) is 6.07 Å².